The van der Waals surface area contributed by atoms with Crippen LogP contribution in [-0.4, -0.2) is 13.7 Å². The van der Waals surface area contributed by atoms with Gasteiger partial charge in [-0.2, -0.15) is 0 Å². The van der Waals surface area contributed by atoms with Crippen molar-refractivity contribution < 1.29 is 13.5 Å². The Morgan fingerprint density at radius 3 is 2.55 bits per heavy atom. The van der Waals surface area contributed by atoms with Crippen molar-refractivity contribution in [1.29, 1.82) is 0 Å². The Bertz CT molecular complexity index is 551. The van der Waals surface area contributed by atoms with Gasteiger partial charge in [0.2, 0.25) is 0 Å². The zero-order valence-electron chi connectivity index (χ0n) is 11.5. The van der Waals surface area contributed by atoms with E-state index in [2.05, 4.69) is 5.32 Å². The van der Waals surface area contributed by atoms with Crippen LogP contribution in [0, 0.1) is 11.6 Å². The van der Waals surface area contributed by atoms with Crippen molar-refractivity contribution >= 4 is 11.3 Å². The number of nitrogens with one attached hydrogen (secondary N) is 1. The van der Waals surface area contributed by atoms with Crippen molar-refractivity contribution in [2.45, 2.75) is 19.4 Å². The normalized spacial score (nSPS) is 12.4. The molecule has 20 heavy (non-hydrogen) atoms. The minimum absolute atomic E-state index is 0.0432. The van der Waals surface area contributed by atoms with Gasteiger partial charge in [-0.1, -0.05) is 13.0 Å². The lowest BCUT2D eigenvalue weighted by molar-refractivity contribution is 0.405. The van der Waals surface area contributed by atoms with Gasteiger partial charge in [0.05, 0.1) is 18.0 Å². The average molecular weight is 297 g/mol. The fourth-order valence-corrected chi connectivity index (χ4v) is 3.03. The maximum atomic E-state index is 14.0. The van der Waals surface area contributed by atoms with Crippen molar-refractivity contribution in [2.75, 3.05) is 13.7 Å². The monoisotopic (exact) mass is 297 g/mol. The Kier molecular flexibility index (Phi) is 5.09. The largest absolute Gasteiger partial charge is 0.496 e. The molecule has 1 heterocycles. The molecule has 1 atom stereocenters. The van der Waals surface area contributed by atoms with E-state index in [0.717, 1.165) is 11.3 Å². The summed E-state index contributed by atoms with van der Waals surface area (Å²) in [6.45, 7) is 2.67. The van der Waals surface area contributed by atoms with E-state index >= 15 is 0 Å². The summed E-state index contributed by atoms with van der Waals surface area (Å²) in [5.74, 6) is -0.450. The molecular weight excluding hydrogens is 280 g/mol. The van der Waals surface area contributed by atoms with E-state index in [4.69, 9.17) is 4.74 Å². The minimum atomic E-state index is -0.547. The fraction of sp³-hybridized carbons (Fsp3) is 0.333. The van der Waals surface area contributed by atoms with Crippen LogP contribution in [0.1, 0.15) is 29.8 Å². The summed E-state index contributed by atoms with van der Waals surface area (Å²) in [6, 6.07) is 5.19. The van der Waals surface area contributed by atoms with E-state index in [1.54, 1.807) is 13.2 Å². The van der Waals surface area contributed by atoms with Gasteiger partial charge in [0.15, 0.2) is 0 Å². The van der Waals surface area contributed by atoms with Crippen LogP contribution in [0.3, 0.4) is 0 Å². The molecule has 1 unspecified atom stereocenters. The number of hydrogen-bond donors (Lipinski definition) is 1. The summed E-state index contributed by atoms with van der Waals surface area (Å²) >= 11 is 1.42. The molecule has 0 saturated heterocycles. The second-order valence-corrected chi connectivity index (χ2v) is 5.32. The fourth-order valence-electron chi connectivity index (χ4n) is 2.09. The molecule has 2 nitrogen and oxygen atoms in total. The SMILES string of the molecule is CCCNC(c1sccc1OC)c1c(F)cccc1F. The molecule has 0 aliphatic heterocycles. The second-order valence-electron chi connectivity index (χ2n) is 4.38. The lowest BCUT2D eigenvalue weighted by Crippen LogP contribution is -2.24. The molecule has 0 aliphatic carbocycles. The van der Waals surface area contributed by atoms with Crippen LogP contribution < -0.4 is 10.1 Å². The summed E-state index contributed by atoms with van der Waals surface area (Å²) in [7, 11) is 1.56. The van der Waals surface area contributed by atoms with Crippen LogP contribution in [0.5, 0.6) is 5.75 Å². The second kappa shape index (κ2) is 6.81. The predicted octanol–water partition coefficient (Wildman–Crippen LogP) is 4.12. The third-order valence-electron chi connectivity index (χ3n) is 3.03. The molecule has 0 amide bonds. The lowest BCUT2D eigenvalue weighted by atomic mass is 10.0. The van der Waals surface area contributed by atoms with E-state index in [9.17, 15) is 8.78 Å². The predicted molar refractivity (Wildman–Crippen MR) is 77.4 cm³/mol. The van der Waals surface area contributed by atoms with Gasteiger partial charge in [0.25, 0.3) is 0 Å². The smallest absolute Gasteiger partial charge is 0.134 e. The van der Waals surface area contributed by atoms with E-state index in [1.807, 2.05) is 12.3 Å². The first-order chi connectivity index (χ1) is 9.69. The number of hydrogen-bond acceptors (Lipinski definition) is 3. The lowest BCUT2D eigenvalue weighted by Gasteiger charge is -2.20. The van der Waals surface area contributed by atoms with Gasteiger partial charge in [0.1, 0.15) is 17.4 Å². The standard InChI is InChI=1S/C15H17F2NOS/c1-3-8-18-14(15-12(19-2)7-9-20-15)13-10(16)5-4-6-11(13)17/h4-7,9,14,18H,3,8H2,1-2H3. The van der Waals surface area contributed by atoms with E-state index in [0.29, 0.717) is 12.3 Å². The van der Waals surface area contributed by atoms with Crippen LogP contribution in [0.2, 0.25) is 0 Å². The van der Waals surface area contributed by atoms with E-state index in [-0.39, 0.29) is 5.56 Å². The van der Waals surface area contributed by atoms with Gasteiger partial charge in [-0.3, -0.25) is 0 Å². The first-order valence-corrected chi connectivity index (χ1v) is 7.35. The third-order valence-corrected chi connectivity index (χ3v) is 3.99. The molecule has 108 valence electrons. The molecule has 0 bridgehead atoms. The minimum Gasteiger partial charge on any atom is -0.496 e. The van der Waals surface area contributed by atoms with Crippen molar-refractivity contribution in [2.24, 2.45) is 0 Å². The highest BCUT2D eigenvalue weighted by Crippen LogP contribution is 2.36. The van der Waals surface area contributed by atoms with Gasteiger partial charge in [0, 0.05) is 5.56 Å². The Balaban J connectivity index is 2.47. The Morgan fingerprint density at radius 1 is 1.25 bits per heavy atom. The molecule has 0 aliphatic rings. The van der Waals surface area contributed by atoms with Gasteiger partial charge >= 0.3 is 0 Å². The summed E-state index contributed by atoms with van der Waals surface area (Å²) in [6.07, 6.45) is 0.875. The van der Waals surface area contributed by atoms with Crippen molar-refractivity contribution in [3.8, 4) is 5.75 Å². The van der Waals surface area contributed by atoms with Crippen molar-refractivity contribution in [1.82, 2.24) is 5.32 Å². The molecule has 5 heteroatoms. The molecule has 0 saturated carbocycles. The third kappa shape index (κ3) is 2.99. The number of rotatable bonds is 6. The first kappa shape index (κ1) is 14.9. The number of ether oxygens (including phenoxy) is 1. The van der Waals surface area contributed by atoms with Crippen molar-refractivity contribution in [3.05, 3.63) is 51.7 Å². The Hall–Kier alpha value is -1.46. The molecule has 1 aromatic carbocycles. The summed E-state index contributed by atoms with van der Waals surface area (Å²) in [5.41, 5.74) is 0.0432. The first-order valence-electron chi connectivity index (χ1n) is 6.47. The van der Waals surface area contributed by atoms with Gasteiger partial charge in [-0.25, -0.2) is 8.78 Å². The zero-order valence-corrected chi connectivity index (χ0v) is 12.3. The van der Waals surface area contributed by atoms with E-state index in [1.165, 1.54) is 29.5 Å². The number of benzene rings is 1. The highest BCUT2D eigenvalue weighted by molar-refractivity contribution is 7.10. The molecule has 0 spiro atoms. The van der Waals surface area contributed by atoms with Crippen LogP contribution in [-0.2, 0) is 0 Å². The van der Waals surface area contributed by atoms with Gasteiger partial charge in [-0.15, -0.1) is 11.3 Å². The summed E-state index contributed by atoms with van der Waals surface area (Å²) < 4.78 is 33.4. The Labute approximate surface area is 121 Å². The quantitative estimate of drug-likeness (QED) is 0.866. The summed E-state index contributed by atoms with van der Waals surface area (Å²) in [5, 5.41) is 5.05. The van der Waals surface area contributed by atoms with Crippen LogP contribution in [0.25, 0.3) is 0 Å². The van der Waals surface area contributed by atoms with Crippen molar-refractivity contribution in [3.63, 3.8) is 0 Å². The number of methoxy groups -OCH3 is 1. The van der Waals surface area contributed by atoms with Crippen LogP contribution >= 0.6 is 11.3 Å². The van der Waals surface area contributed by atoms with Crippen LogP contribution in [0.15, 0.2) is 29.6 Å². The number of thiophene rings is 1. The molecule has 1 aromatic heterocycles. The summed E-state index contributed by atoms with van der Waals surface area (Å²) in [4.78, 5) is 0.782. The van der Waals surface area contributed by atoms with E-state index < -0.39 is 17.7 Å². The molecule has 1 N–H and O–H groups in total. The Morgan fingerprint density at radius 2 is 1.95 bits per heavy atom. The average Bonchev–Trinajstić information content (AvgIpc) is 2.90. The molecule has 0 radical (unpaired) electrons. The molecule has 2 rings (SSSR count). The molecule has 0 fully saturated rings. The maximum Gasteiger partial charge on any atom is 0.134 e. The highest BCUT2D eigenvalue weighted by Gasteiger charge is 2.25. The molecular formula is C15H17F2NOS. The maximum absolute atomic E-state index is 14.0. The number of halogens is 2. The highest BCUT2D eigenvalue weighted by atomic mass is 32.1. The topological polar surface area (TPSA) is 21.3 Å². The zero-order chi connectivity index (χ0) is 14.5. The van der Waals surface area contributed by atoms with Gasteiger partial charge < -0.3 is 10.1 Å². The van der Waals surface area contributed by atoms with Gasteiger partial charge in [-0.05, 0) is 36.5 Å². The van der Waals surface area contributed by atoms with Crippen LogP contribution in [0.4, 0.5) is 8.78 Å². The molecule has 2 aromatic rings.